The molecule has 6 heterocycles. The van der Waals surface area contributed by atoms with E-state index in [4.69, 9.17) is 9.84 Å². The SMILES string of the molecule is Cc1ccnc(Oc2ccc3c(c2)CNc2ncnc4c2c-3c(-c2cnn(C3CCNCC3)c2)n4C)n1. The summed E-state index contributed by atoms with van der Waals surface area (Å²) in [4.78, 5) is 17.9. The molecule has 0 bridgehead atoms. The van der Waals surface area contributed by atoms with Gasteiger partial charge in [0.15, 0.2) is 0 Å². The van der Waals surface area contributed by atoms with Gasteiger partial charge in [0, 0.05) is 42.8 Å². The molecule has 7 rings (SSSR count). The first-order chi connectivity index (χ1) is 18.2. The van der Waals surface area contributed by atoms with Gasteiger partial charge in [0.1, 0.15) is 23.5 Å². The predicted octanol–water partition coefficient (Wildman–Crippen LogP) is 4.24. The molecule has 10 nitrogen and oxygen atoms in total. The molecule has 0 saturated carbocycles. The summed E-state index contributed by atoms with van der Waals surface area (Å²) in [7, 11) is 2.06. The summed E-state index contributed by atoms with van der Waals surface area (Å²) in [5.41, 5.74) is 7.22. The van der Waals surface area contributed by atoms with Crippen LogP contribution < -0.4 is 15.4 Å². The lowest BCUT2D eigenvalue weighted by atomic mass is 9.96. The highest BCUT2D eigenvalue weighted by atomic mass is 16.5. The van der Waals surface area contributed by atoms with Crippen LogP contribution in [0.5, 0.6) is 11.8 Å². The van der Waals surface area contributed by atoms with Crippen LogP contribution in [0.15, 0.2) is 49.2 Å². The van der Waals surface area contributed by atoms with Gasteiger partial charge in [-0.05, 0) is 62.2 Å². The topological polar surface area (TPSA) is 108 Å². The molecule has 2 aliphatic rings. The lowest BCUT2D eigenvalue weighted by Gasteiger charge is -2.22. The van der Waals surface area contributed by atoms with Crippen LogP contribution >= 0.6 is 0 Å². The van der Waals surface area contributed by atoms with Crippen LogP contribution in [0.25, 0.3) is 33.4 Å². The second kappa shape index (κ2) is 8.67. The third kappa shape index (κ3) is 3.72. The smallest absolute Gasteiger partial charge is 0.322 e. The average molecular weight is 494 g/mol. The Morgan fingerprint density at radius 3 is 2.84 bits per heavy atom. The standard InChI is InChI=1S/C27H27N9O/c1-16-5-10-29-27(34-16)37-20-3-4-21-17(11-20)12-30-25-23-22(21)24(35(2)26(23)32-15-31-25)18-13-33-36(14-18)19-6-8-28-9-7-19/h3-5,10-11,13-15,19,28H,6-9,12H2,1-2H3,(H,30,31,32). The minimum Gasteiger partial charge on any atom is -0.424 e. The number of benzene rings is 1. The van der Waals surface area contributed by atoms with Crippen molar-refractivity contribution in [3.8, 4) is 34.1 Å². The Morgan fingerprint density at radius 1 is 1.08 bits per heavy atom. The minimum atomic E-state index is 0.337. The quantitative estimate of drug-likeness (QED) is 0.383. The van der Waals surface area contributed by atoms with Crippen molar-refractivity contribution in [2.75, 3.05) is 18.4 Å². The Balaban J connectivity index is 1.36. The zero-order chi connectivity index (χ0) is 24.9. The van der Waals surface area contributed by atoms with E-state index in [1.807, 2.05) is 31.3 Å². The third-order valence-electron chi connectivity index (χ3n) is 7.30. The zero-order valence-electron chi connectivity index (χ0n) is 20.8. The summed E-state index contributed by atoms with van der Waals surface area (Å²) in [5, 5.41) is 12.8. The Hall–Kier alpha value is -4.31. The largest absolute Gasteiger partial charge is 0.424 e. The number of anilines is 1. The minimum absolute atomic E-state index is 0.337. The Kier molecular flexibility index (Phi) is 5.14. The van der Waals surface area contributed by atoms with Crippen molar-refractivity contribution in [2.24, 2.45) is 7.05 Å². The van der Waals surface area contributed by atoms with Crippen molar-refractivity contribution in [3.05, 3.63) is 60.4 Å². The van der Waals surface area contributed by atoms with Gasteiger partial charge in [0.25, 0.3) is 0 Å². The van der Waals surface area contributed by atoms with E-state index in [9.17, 15) is 0 Å². The van der Waals surface area contributed by atoms with Crippen molar-refractivity contribution < 1.29 is 4.74 Å². The van der Waals surface area contributed by atoms with E-state index in [0.29, 0.717) is 24.3 Å². The van der Waals surface area contributed by atoms with E-state index >= 15 is 0 Å². The van der Waals surface area contributed by atoms with Crippen LogP contribution in [0.2, 0.25) is 0 Å². The van der Waals surface area contributed by atoms with E-state index < -0.39 is 0 Å². The summed E-state index contributed by atoms with van der Waals surface area (Å²) >= 11 is 0. The molecule has 37 heavy (non-hydrogen) atoms. The van der Waals surface area contributed by atoms with Gasteiger partial charge in [0.05, 0.1) is 23.3 Å². The predicted molar refractivity (Wildman–Crippen MR) is 140 cm³/mol. The first-order valence-corrected chi connectivity index (χ1v) is 12.6. The molecule has 5 aromatic rings. The molecule has 0 aliphatic carbocycles. The number of hydrogen-bond donors (Lipinski definition) is 2. The Bertz CT molecular complexity index is 1630. The van der Waals surface area contributed by atoms with Crippen molar-refractivity contribution in [1.29, 1.82) is 0 Å². The van der Waals surface area contributed by atoms with E-state index in [0.717, 1.165) is 76.4 Å². The van der Waals surface area contributed by atoms with Gasteiger partial charge in [-0.2, -0.15) is 5.10 Å². The molecule has 0 unspecified atom stereocenters. The summed E-state index contributed by atoms with van der Waals surface area (Å²) in [6.45, 7) is 4.58. The normalized spacial score (nSPS) is 15.3. The van der Waals surface area contributed by atoms with Crippen LogP contribution in [-0.2, 0) is 13.6 Å². The second-order valence-corrected chi connectivity index (χ2v) is 9.65. The van der Waals surface area contributed by atoms with Gasteiger partial charge in [-0.1, -0.05) is 6.07 Å². The number of nitrogens with zero attached hydrogens (tertiary/aromatic N) is 7. The van der Waals surface area contributed by atoms with Crippen LogP contribution in [0.3, 0.4) is 0 Å². The number of rotatable bonds is 4. The molecule has 1 aromatic carbocycles. The molecule has 1 fully saturated rings. The van der Waals surface area contributed by atoms with E-state index in [-0.39, 0.29) is 0 Å². The van der Waals surface area contributed by atoms with Gasteiger partial charge in [-0.25, -0.2) is 19.9 Å². The van der Waals surface area contributed by atoms with Crippen LogP contribution in [-0.4, -0.2) is 47.4 Å². The van der Waals surface area contributed by atoms with E-state index in [2.05, 4.69) is 59.1 Å². The maximum absolute atomic E-state index is 6.01. The monoisotopic (exact) mass is 493 g/mol. The number of fused-ring (bicyclic) bond motifs is 2. The molecule has 0 atom stereocenters. The summed E-state index contributed by atoms with van der Waals surface area (Å²) in [6, 6.07) is 8.73. The fourth-order valence-electron chi connectivity index (χ4n) is 5.50. The lowest BCUT2D eigenvalue weighted by Crippen LogP contribution is -2.29. The van der Waals surface area contributed by atoms with Gasteiger partial charge in [-0.3, -0.25) is 4.68 Å². The molecule has 1 saturated heterocycles. The summed E-state index contributed by atoms with van der Waals surface area (Å²) in [5.74, 6) is 1.52. The van der Waals surface area contributed by atoms with Gasteiger partial charge in [0.2, 0.25) is 0 Å². The van der Waals surface area contributed by atoms with E-state index in [1.165, 1.54) is 0 Å². The fraction of sp³-hybridized carbons (Fsp3) is 0.296. The molecule has 186 valence electrons. The number of nitrogens with one attached hydrogen (secondary N) is 2. The maximum Gasteiger partial charge on any atom is 0.322 e. The number of aromatic nitrogens is 7. The van der Waals surface area contributed by atoms with Crippen molar-refractivity contribution in [2.45, 2.75) is 32.4 Å². The van der Waals surface area contributed by atoms with Gasteiger partial charge < -0.3 is 19.9 Å². The molecule has 0 amide bonds. The number of ether oxygens (including phenoxy) is 1. The molecular weight excluding hydrogens is 466 g/mol. The first-order valence-electron chi connectivity index (χ1n) is 12.6. The molecule has 0 radical (unpaired) electrons. The second-order valence-electron chi connectivity index (χ2n) is 9.65. The van der Waals surface area contributed by atoms with Crippen LogP contribution in [0, 0.1) is 6.92 Å². The number of hydrogen-bond acceptors (Lipinski definition) is 8. The van der Waals surface area contributed by atoms with Crippen molar-refractivity contribution in [1.82, 2.24) is 39.6 Å². The fourth-order valence-corrected chi connectivity index (χ4v) is 5.50. The maximum atomic E-state index is 6.01. The van der Waals surface area contributed by atoms with Crippen LogP contribution in [0.1, 0.15) is 30.1 Å². The average Bonchev–Trinajstić information content (AvgIpc) is 3.47. The highest BCUT2D eigenvalue weighted by Gasteiger charge is 2.28. The molecule has 0 spiro atoms. The Labute approximate surface area is 213 Å². The first kappa shape index (κ1) is 21.9. The Morgan fingerprint density at radius 2 is 1.97 bits per heavy atom. The van der Waals surface area contributed by atoms with Crippen molar-refractivity contribution >= 4 is 16.9 Å². The van der Waals surface area contributed by atoms with E-state index in [1.54, 1.807) is 12.5 Å². The van der Waals surface area contributed by atoms with Crippen molar-refractivity contribution in [3.63, 3.8) is 0 Å². The molecular formula is C27H27N9O. The summed E-state index contributed by atoms with van der Waals surface area (Å²) < 4.78 is 10.3. The highest BCUT2D eigenvalue weighted by molar-refractivity contribution is 6.09. The number of piperidine rings is 1. The molecule has 4 aromatic heterocycles. The highest BCUT2D eigenvalue weighted by Crippen LogP contribution is 2.46. The lowest BCUT2D eigenvalue weighted by molar-refractivity contribution is 0.343. The molecule has 10 heteroatoms. The molecule has 2 aliphatic heterocycles. The van der Waals surface area contributed by atoms with Gasteiger partial charge >= 0.3 is 6.01 Å². The zero-order valence-corrected chi connectivity index (χ0v) is 20.8. The van der Waals surface area contributed by atoms with Gasteiger partial charge in [-0.15, -0.1) is 0 Å². The number of aryl methyl sites for hydroxylation is 2. The molecule has 2 N–H and O–H groups in total. The summed E-state index contributed by atoms with van der Waals surface area (Å²) in [6.07, 6.45) is 9.64. The third-order valence-corrected chi connectivity index (χ3v) is 7.30. The van der Waals surface area contributed by atoms with Crippen LogP contribution in [0.4, 0.5) is 5.82 Å².